The Morgan fingerprint density at radius 3 is 1.74 bits per heavy atom. The van der Waals surface area contributed by atoms with Crippen molar-refractivity contribution in [2.24, 2.45) is 0 Å². The van der Waals surface area contributed by atoms with E-state index in [1.54, 1.807) is 0 Å². The smallest absolute Gasteiger partial charge is 0.184 e. The van der Waals surface area contributed by atoms with Crippen molar-refractivity contribution in [1.82, 2.24) is 0 Å². The molecule has 1 aliphatic carbocycles. The maximum atomic E-state index is 12.3. The molecule has 0 heterocycles. The first-order valence-electron chi connectivity index (χ1n) is 5.75. The van der Waals surface area contributed by atoms with Crippen LogP contribution in [0.2, 0.25) is 25.1 Å². The first kappa shape index (κ1) is 16.1. The Kier molecular flexibility index (Phi) is 5.68. The minimum Gasteiger partial charge on any atom is -0.289 e. The Morgan fingerprint density at radius 1 is 0.842 bits per heavy atom. The maximum absolute atomic E-state index is 12.3. The first-order valence-corrected chi connectivity index (χ1v) is 8.72. The van der Waals surface area contributed by atoms with E-state index in [-0.39, 0.29) is 44.8 Å². The van der Waals surface area contributed by atoms with E-state index in [1.807, 2.05) is 0 Å². The maximum Gasteiger partial charge on any atom is 0.184 e. The van der Waals surface area contributed by atoms with Crippen LogP contribution >= 0.6 is 66.6 Å². The number of rotatable bonds is 3. The van der Waals surface area contributed by atoms with Gasteiger partial charge in [0.05, 0.1) is 30.7 Å². The molecule has 1 nitrogen and oxygen atoms in total. The van der Waals surface area contributed by atoms with Crippen molar-refractivity contribution in [1.29, 1.82) is 0 Å². The molecule has 0 saturated heterocycles. The number of carbonyl (C=O) groups excluding carboxylic acids is 1. The number of benzene rings is 1. The Morgan fingerprint density at radius 2 is 1.26 bits per heavy atom. The molecule has 1 saturated carbocycles. The van der Waals surface area contributed by atoms with Gasteiger partial charge in [-0.05, 0) is 27.1 Å². The van der Waals surface area contributed by atoms with Gasteiger partial charge < -0.3 is 0 Å². The van der Waals surface area contributed by atoms with Crippen LogP contribution in [0.5, 0.6) is 0 Å². The zero-order valence-corrected chi connectivity index (χ0v) is 14.5. The summed E-state index contributed by atoms with van der Waals surface area (Å²) in [4.78, 5) is 12.3. The van der Waals surface area contributed by atoms with Gasteiger partial charge in [0, 0.05) is 0 Å². The third-order valence-corrected chi connectivity index (χ3v) is 6.90. The van der Waals surface area contributed by atoms with Crippen LogP contribution in [0.1, 0.15) is 36.0 Å². The highest BCUT2D eigenvalue weighted by Gasteiger charge is 2.26. The summed E-state index contributed by atoms with van der Waals surface area (Å²) in [5.41, 5.74) is 0.531. The highest BCUT2D eigenvalue weighted by molar-refractivity contribution is 7.59. The first-order chi connectivity index (χ1) is 8.93. The van der Waals surface area contributed by atoms with Crippen LogP contribution in [-0.2, 0) is 0 Å². The van der Waals surface area contributed by atoms with E-state index in [9.17, 15) is 4.79 Å². The molecule has 7 heteroatoms. The molecule has 0 aromatic heterocycles. The summed E-state index contributed by atoms with van der Waals surface area (Å²) in [5.74, 6) is 0. The Hall–Kier alpha value is 0.770. The van der Waals surface area contributed by atoms with Crippen molar-refractivity contribution in [3.8, 4) is 0 Å². The lowest BCUT2D eigenvalue weighted by atomic mass is 10.2. The topological polar surface area (TPSA) is 17.1 Å². The van der Waals surface area contributed by atoms with Crippen LogP contribution in [0.25, 0.3) is 0 Å². The molecule has 1 aromatic carbocycles. The summed E-state index contributed by atoms with van der Waals surface area (Å²) in [6.07, 6.45) is 4.51. The predicted octanol–water partition coefficient (Wildman–Crippen LogP) is 6.71. The van der Waals surface area contributed by atoms with Gasteiger partial charge in [0.15, 0.2) is 5.52 Å². The average molecular weight is 378 g/mol. The van der Waals surface area contributed by atoms with Crippen LogP contribution in [0.3, 0.4) is 0 Å². The molecular formula is C12H10Cl5OP. The third kappa shape index (κ3) is 3.34. The van der Waals surface area contributed by atoms with Crippen LogP contribution in [-0.4, -0.2) is 11.2 Å². The van der Waals surface area contributed by atoms with E-state index in [2.05, 4.69) is 0 Å². The zero-order chi connectivity index (χ0) is 14.2. The fraction of sp³-hybridized carbons (Fsp3) is 0.417. The van der Waals surface area contributed by atoms with Gasteiger partial charge in [0.2, 0.25) is 0 Å². The third-order valence-electron chi connectivity index (χ3n) is 3.13. The van der Waals surface area contributed by atoms with Gasteiger partial charge in [-0.1, -0.05) is 70.8 Å². The standard InChI is InChI=1S/C12H10Cl5OP/c13-7-6(8(14)10(16)11(17)9(7)15)12(18)19-5-3-1-2-4-5/h5,19H,1-4H2. The zero-order valence-electron chi connectivity index (χ0n) is 9.70. The van der Waals surface area contributed by atoms with Crippen LogP contribution in [0.4, 0.5) is 0 Å². The molecule has 0 bridgehead atoms. The fourth-order valence-corrected chi connectivity index (χ4v) is 5.06. The molecule has 0 amide bonds. The number of carbonyl (C=O) groups is 1. The van der Waals surface area contributed by atoms with Crippen molar-refractivity contribution < 1.29 is 4.79 Å². The minimum absolute atomic E-state index is 0.0808. The number of hydrogen-bond acceptors (Lipinski definition) is 1. The molecule has 0 aliphatic heterocycles. The summed E-state index contributed by atoms with van der Waals surface area (Å²) in [6.45, 7) is 0. The van der Waals surface area contributed by atoms with Gasteiger partial charge >= 0.3 is 0 Å². The van der Waals surface area contributed by atoms with Gasteiger partial charge in [-0.3, -0.25) is 4.79 Å². The molecule has 0 N–H and O–H groups in total. The van der Waals surface area contributed by atoms with Crippen LogP contribution in [0.15, 0.2) is 0 Å². The van der Waals surface area contributed by atoms with E-state index >= 15 is 0 Å². The second-order valence-electron chi connectivity index (χ2n) is 4.40. The van der Waals surface area contributed by atoms with Gasteiger partial charge in [-0.2, -0.15) is 0 Å². The van der Waals surface area contributed by atoms with Gasteiger partial charge in [-0.15, -0.1) is 0 Å². The van der Waals surface area contributed by atoms with Crippen molar-refractivity contribution in [2.75, 3.05) is 0 Å². The Labute approximate surface area is 138 Å². The predicted molar refractivity (Wildman–Crippen MR) is 86.4 cm³/mol. The van der Waals surface area contributed by atoms with Crippen molar-refractivity contribution in [3.63, 3.8) is 0 Å². The highest BCUT2D eigenvalue weighted by Crippen LogP contribution is 2.47. The number of halogens is 5. The van der Waals surface area contributed by atoms with Crippen molar-refractivity contribution in [3.05, 3.63) is 30.7 Å². The van der Waals surface area contributed by atoms with E-state index < -0.39 is 0 Å². The Balaban J connectivity index is 2.36. The lowest BCUT2D eigenvalue weighted by Gasteiger charge is -2.13. The van der Waals surface area contributed by atoms with Gasteiger partial charge in [0.1, 0.15) is 0 Å². The quantitative estimate of drug-likeness (QED) is 0.324. The monoisotopic (exact) mass is 376 g/mol. The molecule has 1 fully saturated rings. The van der Waals surface area contributed by atoms with Crippen LogP contribution in [0, 0.1) is 0 Å². The highest BCUT2D eigenvalue weighted by atomic mass is 35.5. The van der Waals surface area contributed by atoms with Gasteiger partial charge in [0.25, 0.3) is 0 Å². The van der Waals surface area contributed by atoms with Crippen LogP contribution < -0.4 is 0 Å². The summed E-state index contributed by atoms with van der Waals surface area (Å²) in [5, 5.41) is 0.432. The molecule has 0 radical (unpaired) electrons. The molecule has 1 aliphatic rings. The molecular weight excluding hydrogens is 368 g/mol. The fourth-order valence-electron chi connectivity index (χ4n) is 2.13. The molecule has 104 valence electrons. The second-order valence-corrected chi connectivity index (χ2v) is 7.85. The summed E-state index contributed by atoms with van der Waals surface area (Å²) >= 11 is 30.0. The van der Waals surface area contributed by atoms with Gasteiger partial charge in [-0.25, -0.2) is 0 Å². The van der Waals surface area contributed by atoms with Crippen molar-refractivity contribution >= 4 is 72.1 Å². The van der Waals surface area contributed by atoms with E-state index in [0.29, 0.717) is 5.66 Å². The average Bonchev–Trinajstić information content (AvgIpc) is 2.87. The summed E-state index contributed by atoms with van der Waals surface area (Å²) in [7, 11) is 0.151. The molecule has 1 atom stereocenters. The normalized spacial score (nSPS) is 16.7. The summed E-state index contributed by atoms with van der Waals surface area (Å²) < 4.78 is 0. The summed E-state index contributed by atoms with van der Waals surface area (Å²) in [6, 6.07) is 0. The van der Waals surface area contributed by atoms with E-state index in [1.165, 1.54) is 12.8 Å². The lowest BCUT2D eigenvalue weighted by molar-refractivity contribution is 0.108. The molecule has 19 heavy (non-hydrogen) atoms. The molecule has 0 spiro atoms. The SMILES string of the molecule is O=C(PC1CCCC1)c1c(Cl)c(Cl)c(Cl)c(Cl)c1Cl. The largest absolute Gasteiger partial charge is 0.289 e. The molecule has 1 aromatic rings. The van der Waals surface area contributed by atoms with E-state index in [0.717, 1.165) is 12.8 Å². The van der Waals surface area contributed by atoms with Crippen molar-refractivity contribution in [2.45, 2.75) is 31.3 Å². The second kappa shape index (κ2) is 6.69. The lowest BCUT2D eigenvalue weighted by Crippen LogP contribution is -2.02. The minimum atomic E-state index is -0.0950. The molecule has 2 rings (SSSR count). The van der Waals surface area contributed by atoms with E-state index in [4.69, 9.17) is 58.0 Å². The molecule has 1 unspecified atom stereocenters. The Bertz CT molecular complexity index is 496. The number of hydrogen-bond donors (Lipinski definition) is 0.